The van der Waals surface area contributed by atoms with E-state index in [0.717, 1.165) is 0 Å². The second kappa shape index (κ2) is 2.79. The molecular weight excluding hydrogens is 146 g/mol. The minimum atomic E-state index is -0.800. The van der Waals surface area contributed by atoms with Gasteiger partial charge in [0.15, 0.2) is 5.79 Å². The Hall–Kier alpha value is -0.610. The Kier molecular flexibility index (Phi) is 2.15. The lowest BCUT2D eigenvalue weighted by atomic mass is 9.99. The fourth-order valence-electron chi connectivity index (χ4n) is 1.34. The third kappa shape index (κ3) is 1.36. The molecule has 4 nitrogen and oxygen atoms in total. The first-order valence-corrected chi connectivity index (χ1v) is 3.58. The molecule has 1 rings (SSSR count). The molecular formula is C7H13NO3. The van der Waals surface area contributed by atoms with Gasteiger partial charge in [-0.3, -0.25) is 4.79 Å². The average Bonchev–Trinajstić information content (AvgIpc) is 2.32. The van der Waals surface area contributed by atoms with E-state index in [0.29, 0.717) is 13.0 Å². The highest BCUT2D eigenvalue weighted by atomic mass is 16.7. The third-order valence-corrected chi connectivity index (χ3v) is 2.18. The van der Waals surface area contributed by atoms with Crippen molar-refractivity contribution < 1.29 is 14.3 Å². The predicted octanol–water partition coefficient (Wildman–Crippen LogP) is -0.129. The van der Waals surface area contributed by atoms with Crippen molar-refractivity contribution in [3.63, 3.8) is 0 Å². The molecule has 0 aromatic rings. The van der Waals surface area contributed by atoms with E-state index in [2.05, 4.69) is 0 Å². The van der Waals surface area contributed by atoms with Gasteiger partial charge in [-0.05, 0) is 13.3 Å². The maximum absolute atomic E-state index is 10.8. The normalized spacial score (nSPS) is 37.5. The number of amides is 1. The van der Waals surface area contributed by atoms with Crippen molar-refractivity contribution in [1.29, 1.82) is 0 Å². The summed E-state index contributed by atoms with van der Waals surface area (Å²) in [4.78, 5) is 10.8. The summed E-state index contributed by atoms with van der Waals surface area (Å²) in [6, 6.07) is 0. The Balaban J connectivity index is 2.72. The summed E-state index contributed by atoms with van der Waals surface area (Å²) in [5.41, 5.74) is 5.15. The van der Waals surface area contributed by atoms with Crippen molar-refractivity contribution in [2.75, 3.05) is 13.7 Å². The lowest BCUT2D eigenvalue weighted by Gasteiger charge is -2.26. The number of carbonyl (C=O) groups is 1. The second-order valence-electron chi connectivity index (χ2n) is 2.81. The Morgan fingerprint density at radius 3 is 2.82 bits per heavy atom. The average molecular weight is 159 g/mol. The molecule has 1 aliphatic heterocycles. The van der Waals surface area contributed by atoms with Crippen LogP contribution in [0.4, 0.5) is 0 Å². The highest BCUT2D eigenvalue weighted by Gasteiger charge is 2.43. The summed E-state index contributed by atoms with van der Waals surface area (Å²) < 4.78 is 10.3. The first-order chi connectivity index (χ1) is 5.10. The number of hydrogen-bond donors (Lipinski definition) is 1. The molecule has 1 amide bonds. The van der Waals surface area contributed by atoms with Crippen LogP contribution in [-0.4, -0.2) is 25.4 Å². The molecule has 2 unspecified atom stereocenters. The second-order valence-corrected chi connectivity index (χ2v) is 2.81. The molecule has 1 heterocycles. The third-order valence-electron chi connectivity index (χ3n) is 2.18. The largest absolute Gasteiger partial charge is 0.369 e. The smallest absolute Gasteiger partial charge is 0.226 e. The number of ether oxygens (including phenoxy) is 2. The van der Waals surface area contributed by atoms with Crippen LogP contribution in [0.3, 0.4) is 0 Å². The summed E-state index contributed by atoms with van der Waals surface area (Å²) in [6.07, 6.45) is 0.652. The fraction of sp³-hybridized carbons (Fsp3) is 0.857. The van der Waals surface area contributed by atoms with Gasteiger partial charge in [0, 0.05) is 7.11 Å². The van der Waals surface area contributed by atoms with E-state index in [4.69, 9.17) is 15.2 Å². The zero-order valence-electron chi connectivity index (χ0n) is 6.79. The maximum Gasteiger partial charge on any atom is 0.226 e. The number of nitrogens with two attached hydrogens (primary N) is 1. The number of carbonyl (C=O) groups excluding carboxylic acids is 1. The molecule has 64 valence electrons. The molecule has 0 saturated carbocycles. The van der Waals surface area contributed by atoms with Crippen LogP contribution in [-0.2, 0) is 14.3 Å². The molecule has 0 aromatic carbocycles. The van der Waals surface area contributed by atoms with Crippen LogP contribution < -0.4 is 5.73 Å². The van der Waals surface area contributed by atoms with E-state index in [1.165, 1.54) is 7.11 Å². The monoisotopic (exact) mass is 159 g/mol. The standard InChI is InChI=1S/C7H13NO3/c1-7(10-2)5(6(8)9)3-4-11-7/h5H,3-4H2,1-2H3,(H2,8,9). The van der Waals surface area contributed by atoms with Crippen LogP contribution in [0.1, 0.15) is 13.3 Å². The minimum absolute atomic E-state index is 0.313. The summed E-state index contributed by atoms with van der Waals surface area (Å²) in [5.74, 6) is -1.47. The minimum Gasteiger partial charge on any atom is -0.369 e. The van der Waals surface area contributed by atoms with Gasteiger partial charge in [0.2, 0.25) is 5.91 Å². The molecule has 2 atom stereocenters. The van der Waals surface area contributed by atoms with Crippen LogP contribution in [0.5, 0.6) is 0 Å². The van der Waals surface area contributed by atoms with Crippen LogP contribution in [0, 0.1) is 5.92 Å². The van der Waals surface area contributed by atoms with E-state index in [-0.39, 0.29) is 11.8 Å². The van der Waals surface area contributed by atoms with Crippen LogP contribution in [0.15, 0.2) is 0 Å². The predicted molar refractivity (Wildman–Crippen MR) is 38.7 cm³/mol. The maximum atomic E-state index is 10.8. The zero-order chi connectivity index (χ0) is 8.48. The Labute approximate surface area is 65.7 Å². The van der Waals surface area contributed by atoms with Gasteiger partial charge in [0.1, 0.15) is 0 Å². The lowest BCUT2D eigenvalue weighted by Crippen LogP contribution is -2.41. The Bertz CT molecular complexity index is 171. The fourth-order valence-corrected chi connectivity index (χ4v) is 1.34. The van der Waals surface area contributed by atoms with Gasteiger partial charge in [-0.2, -0.15) is 0 Å². The molecule has 0 spiro atoms. The molecule has 0 radical (unpaired) electrons. The first-order valence-electron chi connectivity index (χ1n) is 3.58. The van der Waals surface area contributed by atoms with Crippen molar-refractivity contribution in [1.82, 2.24) is 0 Å². The summed E-state index contributed by atoms with van der Waals surface area (Å²) in [5, 5.41) is 0. The van der Waals surface area contributed by atoms with Crippen molar-refractivity contribution in [2.45, 2.75) is 19.1 Å². The number of rotatable bonds is 2. The first kappa shape index (κ1) is 8.49. The molecule has 0 bridgehead atoms. The Morgan fingerprint density at radius 2 is 2.45 bits per heavy atom. The Morgan fingerprint density at radius 1 is 1.82 bits per heavy atom. The topological polar surface area (TPSA) is 61.6 Å². The van der Waals surface area contributed by atoms with Gasteiger partial charge >= 0.3 is 0 Å². The number of methoxy groups -OCH3 is 1. The summed E-state index contributed by atoms with van der Waals surface area (Å²) in [7, 11) is 1.52. The van der Waals surface area contributed by atoms with E-state index < -0.39 is 5.79 Å². The molecule has 1 aliphatic rings. The van der Waals surface area contributed by atoms with Crippen molar-refractivity contribution in [3.05, 3.63) is 0 Å². The highest BCUT2D eigenvalue weighted by Crippen LogP contribution is 2.31. The van der Waals surface area contributed by atoms with Crippen LogP contribution in [0.25, 0.3) is 0 Å². The van der Waals surface area contributed by atoms with Gasteiger partial charge < -0.3 is 15.2 Å². The van der Waals surface area contributed by atoms with Gasteiger partial charge in [-0.15, -0.1) is 0 Å². The molecule has 0 aromatic heterocycles. The van der Waals surface area contributed by atoms with Crippen molar-refractivity contribution in [2.24, 2.45) is 11.7 Å². The summed E-state index contributed by atoms with van der Waals surface area (Å²) in [6.45, 7) is 2.27. The zero-order valence-corrected chi connectivity index (χ0v) is 6.79. The van der Waals surface area contributed by atoms with Crippen LogP contribution in [0.2, 0.25) is 0 Å². The van der Waals surface area contributed by atoms with Gasteiger partial charge in [0.25, 0.3) is 0 Å². The molecule has 11 heavy (non-hydrogen) atoms. The number of hydrogen-bond acceptors (Lipinski definition) is 3. The van der Waals surface area contributed by atoms with Gasteiger partial charge in [0.05, 0.1) is 12.5 Å². The van der Waals surface area contributed by atoms with E-state index in [1.54, 1.807) is 6.92 Å². The highest BCUT2D eigenvalue weighted by molar-refractivity contribution is 5.77. The molecule has 4 heteroatoms. The quantitative estimate of drug-likeness (QED) is 0.610. The molecule has 1 saturated heterocycles. The van der Waals surface area contributed by atoms with E-state index in [9.17, 15) is 4.79 Å². The van der Waals surface area contributed by atoms with E-state index >= 15 is 0 Å². The molecule has 1 fully saturated rings. The van der Waals surface area contributed by atoms with Crippen molar-refractivity contribution >= 4 is 5.91 Å². The number of primary amides is 1. The van der Waals surface area contributed by atoms with Crippen molar-refractivity contribution in [3.8, 4) is 0 Å². The lowest BCUT2D eigenvalue weighted by molar-refractivity contribution is -0.201. The van der Waals surface area contributed by atoms with Crippen LogP contribution >= 0.6 is 0 Å². The molecule has 2 N–H and O–H groups in total. The SMILES string of the molecule is COC1(C)OCCC1C(N)=O. The van der Waals surface area contributed by atoms with E-state index in [1.807, 2.05) is 0 Å². The van der Waals surface area contributed by atoms with Gasteiger partial charge in [-0.25, -0.2) is 0 Å². The molecule has 0 aliphatic carbocycles. The van der Waals surface area contributed by atoms with Gasteiger partial charge in [-0.1, -0.05) is 0 Å². The summed E-state index contributed by atoms with van der Waals surface area (Å²) >= 11 is 0.